The molecule has 0 aromatic carbocycles. The van der Waals surface area contributed by atoms with Gasteiger partial charge in [-0.2, -0.15) is 0 Å². The molecule has 8 nitrogen and oxygen atoms in total. The van der Waals surface area contributed by atoms with E-state index in [-0.39, 0.29) is 0 Å². The molecule has 76 heavy (non-hydrogen) atoms. The Morgan fingerprint density at radius 2 is 0.539 bits per heavy atom. The van der Waals surface area contributed by atoms with Crippen LogP contribution >= 0.6 is 0 Å². The molecule has 0 aliphatic carbocycles. The van der Waals surface area contributed by atoms with E-state index in [9.17, 15) is 0 Å². The highest BCUT2D eigenvalue weighted by Gasteiger charge is 2.26. The summed E-state index contributed by atoms with van der Waals surface area (Å²) in [5.41, 5.74) is 37.7. The molecule has 394 valence electrons. The quantitative estimate of drug-likeness (QED) is 0.0820. The third kappa shape index (κ3) is 8.97. The normalized spacial score (nSPS) is 13.9. The van der Waals surface area contributed by atoms with Gasteiger partial charge in [0.1, 0.15) is 0 Å². The van der Waals surface area contributed by atoms with E-state index < -0.39 is 0 Å². The molecule has 4 aliphatic rings. The zero-order valence-corrected chi connectivity index (χ0v) is 48.3. The lowest BCUT2D eigenvalue weighted by Gasteiger charge is -2.06. The molecule has 4 N–H and O–H groups in total. The standard InChI is InChI=1S/C68H82N8/c1-15-25-27-49-37(11)51-29-53-39(13)67(65(71-53)35-62-48(24-10)47(23-9)60(76-62)33-59-45(21-7)46(22-8)61(75-59)34-63(49)69-51)68-40(14)54-31-56-42(18-4)44(20-6)58(74-56)32-57-43(19-5)41(17-3)55(73-57)30-52-38(12)50(28-26-16-2)64(70-52)36-66(68)72-54/h29-36,71-73,75H,15-28H2,1-14H3. The van der Waals surface area contributed by atoms with E-state index in [4.69, 9.17) is 19.9 Å². The van der Waals surface area contributed by atoms with Crippen molar-refractivity contribution in [2.75, 3.05) is 0 Å². The molecule has 10 rings (SSSR count). The second kappa shape index (κ2) is 21.7. The van der Waals surface area contributed by atoms with Crippen LogP contribution in [0.5, 0.6) is 0 Å². The molecule has 0 unspecified atom stereocenters. The lowest BCUT2D eigenvalue weighted by Crippen LogP contribution is -1.87. The van der Waals surface area contributed by atoms with Crippen LogP contribution in [-0.4, -0.2) is 39.9 Å². The minimum Gasteiger partial charge on any atom is -0.355 e. The first-order valence-corrected chi connectivity index (χ1v) is 29.3. The van der Waals surface area contributed by atoms with Crippen molar-refractivity contribution in [2.45, 2.75) is 187 Å². The largest absolute Gasteiger partial charge is 0.355 e. The van der Waals surface area contributed by atoms with E-state index in [1.165, 1.54) is 78.0 Å². The smallest absolute Gasteiger partial charge is 0.0693 e. The molecule has 16 bridgehead atoms. The summed E-state index contributed by atoms with van der Waals surface area (Å²) in [5.74, 6) is 0. The van der Waals surface area contributed by atoms with Gasteiger partial charge in [0.25, 0.3) is 0 Å². The van der Waals surface area contributed by atoms with E-state index in [1.54, 1.807) is 0 Å². The molecular weight excluding hydrogens is 929 g/mol. The third-order valence-corrected chi connectivity index (χ3v) is 17.3. The van der Waals surface area contributed by atoms with Gasteiger partial charge in [0, 0.05) is 55.3 Å². The van der Waals surface area contributed by atoms with Gasteiger partial charge in [0.2, 0.25) is 0 Å². The van der Waals surface area contributed by atoms with Gasteiger partial charge in [-0.1, -0.05) is 82.1 Å². The maximum Gasteiger partial charge on any atom is 0.0693 e. The van der Waals surface area contributed by atoms with Gasteiger partial charge in [-0.15, -0.1) is 0 Å². The summed E-state index contributed by atoms with van der Waals surface area (Å²) in [4.78, 5) is 38.3. The van der Waals surface area contributed by atoms with E-state index in [2.05, 4.69) is 165 Å². The Morgan fingerprint density at radius 1 is 0.289 bits per heavy atom. The molecule has 0 fully saturated rings. The van der Waals surface area contributed by atoms with Crippen LogP contribution in [0, 0.1) is 13.8 Å². The maximum atomic E-state index is 5.61. The molecule has 0 saturated heterocycles. The predicted octanol–water partition coefficient (Wildman–Crippen LogP) is 19.2. The van der Waals surface area contributed by atoms with E-state index >= 15 is 0 Å². The van der Waals surface area contributed by atoms with Crippen LogP contribution in [0.2, 0.25) is 0 Å². The number of allylic oxidation sites excluding steroid dienone is 8. The Morgan fingerprint density at radius 3 is 0.842 bits per heavy atom. The number of rotatable bonds is 15. The lowest BCUT2D eigenvalue weighted by molar-refractivity contribution is 0.824. The van der Waals surface area contributed by atoms with Gasteiger partial charge in [-0.25, -0.2) is 19.9 Å². The number of nitrogens with one attached hydrogen (secondary N) is 4. The number of H-pyrrole nitrogens is 4. The number of nitrogens with zero attached hydrogens (tertiary/aromatic N) is 4. The molecule has 6 aromatic heterocycles. The van der Waals surface area contributed by atoms with Gasteiger partial charge >= 0.3 is 0 Å². The highest BCUT2D eigenvalue weighted by molar-refractivity contribution is 6.04. The van der Waals surface area contributed by atoms with E-state index in [0.717, 1.165) is 191 Å². The molecule has 0 radical (unpaired) electrons. The van der Waals surface area contributed by atoms with Crippen LogP contribution in [0.15, 0.2) is 48.5 Å². The monoisotopic (exact) mass is 1010 g/mol. The number of aromatic nitrogens is 8. The molecule has 0 amide bonds. The van der Waals surface area contributed by atoms with Crippen LogP contribution in [0.3, 0.4) is 0 Å². The van der Waals surface area contributed by atoms with Gasteiger partial charge in [-0.3, -0.25) is 0 Å². The number of aromatic amines is 4. The van der Waals surface area contributed by atoms with Gasteiger partial charge in [0.15, 0.2) is 0 Å². The lowest BCUT2D eigenvalue weighted by atomic mass is 9.96. The van der Waals surface area contributed by atoms with Crippen molar-refractivity contribution in [3.05, 3.63) is 127 Å². The summed E-state index contributed by atoms with van der Waals surface area (Å²) < 4.78 is 0. The minimum absolute atomic E-state index is 0.881. The Bertz CT molecular complexity index is 3810. The molecule has 0 spiro atoms. The highest BCUT2D eigenvalue weighted by atomic mass is 14.8. The van der Waals surface area contributed by atoms with Crippen LogP contribution in [0.25, 0.3) is 99.8 Å². The zero-order chi connectivity index (χ0) is 53.7. The maximum absolute atomic E-state index is 5.61. The molecular formula is C68H82N8. The summed E-state index contributed by atoms with van der Waals surface area (Å²) >= 11 is 0. The first-order chi connectivity index (χ1) is 36.9. The van der Waals surface area contributed by atoms with Crippen LogP contribution in [0.4, 0.5) is 0 Å². The van der Waals surface area contributed by atoms with Gasteiger partial charge in [-0.05, 0) is 231 Å². The molecule has 8 heteroatoms. The Labute approximate surface area is 451 Å². The molecule has 6 aromatic rings. The molecule has 10 heterocycles. The number of fused-ring (bicyclic) bond motifs is 16. The Hall–Kier alpha value is -6.80. The van der Waals surface area contributed by atoms with Crippen molar-refractivity contribution in [1.29, 1.82) is 0 Å². The average Bonchev–Trinajstić information content (AvgIpc) is 4.31. The van der Waals surface area contributed by atoms with Crippen LogP contribution in [-0.2, 0) is 25.7 Å². The van der Waals surface area contributed by atoms with Crippen molar-refractivity contribution in [3.63, 3.8) is 0 Å². The first kappa shape index (κ1) is 52.6. The fourth-order valence-corrected chi connectivity index (χ4v) is 13.2. The summed E-state index contributed by atoms with van der Waals surface area (Å²) in [6.07, 6.45) is 13.7. The van der Waals surface area contributed by atoms with Crippen molar-refractivity contribution >= 4 is 88.7 Å². The van der Waals surface area contributed by atoms with Gasteiger partial charge < -0.3 is 19.9 Å². The number of hydrogen-bond acceptors (Lipinski definition) is 4. The minimum atomic E-state index is 0.881. The van der Waals surface area contributed by atoms with Crippen LogP contribution < -0.4 is 0 Å². The van der Waals surface area contributed by atoms with Crippen molar-refractivity contribution < 1.29 is 0 Å². The SMILES string of the molecule is CCCCC1=C(C)c2cc3[nH]c(cc4nc(cc5[nH]c(cc1n2)c(CC)c5CC)C(CC)=C4CC)c(-c1c(C)c2cc4nc(cc5[nH]c(cc6nc(cc1[nH]2)C(CCCC)=C6C)c(CC)c5CC)C(CC)=C4CC)c3C. The number of hydrogen-bond donors (Lipinski definition) is 4. The first-order valence-electron chi connectivity index (χ1n) is 29.3. The Kier molecular flexibility index (Phi) is 15.0. The topological polar surface area (TPSA) is 115 Å². The second-order valence-electron chi connectivity index (χ2n) is 21.6. The molecule has 4 aliphatic heterocycles. The van der Waals surface area contributed by atoms with Crippen molar-refractivity contribution in [1.82, 2.24) is 39.9 Å². The summed E-state index contributed by atoms with van der Waals surface area (Å²) in [5, 5.41) is 0. The number of aryl methyl sites for hydroxylation is 6. The van der Waals surface area contributed by atoms with Crippen molar-refractivity contribution in [3.8, 4) is 11.1 Å². The van der Waals surface area contributed by atoms with Crippen molar-refractivity contribution in [2.24, 2.45) is 0 Å². The fraction of sp³-hybridized carbons (Fsp3) is 0.412. The van der Waals surface area contributed by atoms with E-state index in [0.29, 0.717) is 0 Å². The van der Waals surface area contributed by atoms with Crippen LogP contribution in [0.1, 0.15) is 226 Å². The summed E-state index contributed by atoms with van der Waals surface area (Å²) in [6, 6.07) is 18.7. The average molecular weight is 1010 g/mol. The molecule has 0 atom stereocenters. The zero-order valence-electron chi connectivity index (χ0n) is 48.3. The Balaban J connectivity index is 1.38. The highest BCUT2D eigenvalue weighted by Crippen LogP contribution is 2.44. The number of unbranched alkanes of at least 4 members (excludes halogenated alkanes) is 2. The summed E-state index contributed by atoms with van der Waals surface area (Å²) in [7, 11) is 0. The third-order valence-electron chi connectivity index (χ3n) is 17.3. The predicted molar refractivity (Wildman–Crippen MR) is 327 cm³/mol. The summed E-state index contributed by atoms with van der Waals surface area (Å²) in [6.45, 7) is 32.0. The van der Waals surface area contributed by atoms with Gasteiger partial charge in [0.05, 0.1) is 45.6 Å². The fourth-order valence-electron chi connectivity index (χ4n) is 13.2. The van der Waals surface area contributed by atoms with E-state index in [1.807, 2.05) is 0 Å². The molecule has 0 saturated carbocycles. The second-order valence-corrected chi connectivity index (χ2v) is 21.6.